The Morgan fingerprint density at radius 1 is 1.56 bits per heavy atom. The summed E-state index contributed by atoms with van der Waals surface area (Å²) in [6.07, 6.45) is 5.06. The van der Waals surface area contributed by atoms with Gasteiger partial charge in [-0.25, -0.2) is 14.8 Å². The summed E-state index contributed by atoms with van der Waals surface area (Å²) in [5.41, 5.74) is 0.104. The zero-order valence-corrected chi connectivity index (χ0v) is 10.4. The molecule has 1 unspecified atom stereocenters. The summed E-state index contributed by atoms with van der Waals surface area (Å²) < 4.78 is 5.58. The SMILES string of the molecule is CCN(CC1CCCO1)c1ncc(C(=O)O)cn1. The van der Waals surface area contributed by atoms with E-state index in [-0.39, 0.29) is 11.7 Å². The van der Waals surface area contributed by atoms with Crippen molar-refractivity contribution in [2.75, 3.05) is 24.6 Å². The van der Waals surface area contributed by atoms with E-state index in [0.717, 1.165) is 32.5 Å². The van der Waals surface area contributed by atoms with E-state index in [1.807, 2.05) is 11.8 Å². The maximum absolute atomic E-state index is 10.7. The summed E-state index contributed by atoms with van der Waals surface area (Å²) in [5, 5.41) is 8.79. The Morgan fingerprint density at radius 3 is 2.78 bits per heavy atom. The number of hydrogen-bond acceptors (Lipinski definition) is 5. The van der Waals surface area contributed by atoms with Crippen molar-refractivity contribution in [2.45, 2.75) is 25.9 Å². The van der Waals surface area contributed by atoms with Crippen LogP contribution in [0.15, 0.2) is 12.4 Å². The van der Waals surface area contributed by atoms with Crippen LogP contribution in [-0.4, -0.2) is 46.8 Å². The fourth-order valence-corrected chi connectivity index (χ4v) is 1.98. The molecule has 2 heterocycles. The lowest BCUT2D eigenvalue weighted by molar-refractivity contribution is 0.0696. The van der Waals surface area contributed by atoms with Crippen LogP contribution in [0.1, 0.15) is 30.1 Å². The van der Waals surface area contributed by atoms with Gasteiger partial charge in [-0.3, -0.25) is 0 Å². The van der Waals surface area contributed by atoms with Gasteiger partial charge >= 0.3 is 5.97 Å². The highest BCUT2D eigenvalue weighted by Gasteiger charge is 2.20. The van der Waals surface area contributed by atoms with Gasteiger partial charge < -0.3 is 14.7 Å². The Kier molecular flexibility index (Phi) is 4.09. The minimum atomic E-state index is -1.01. The summed E-state index contributed by atoms with van der Waals surface area (Å²) in [6, 6.07) is 0. The quantitative estimate of drug-likeness (QED) is 0.847. The van der Waals surface area contributed by atoms with Gasteiger partial charge in [-0.05, 0) is 19.8 Å². The minimum Gasteiger partial charge on any atom is -0.478 e. The lowest BCUT2D eigenvalue weighted by Gasteiger charge is -2.23. The van der Waals surface area contributed by atoms with Crippen LogP contribution in [0, 0.1) is 0 Å². The summed E-state index contributed by atoms with van der Waals surface area (Å²) in [7, 11) is 0. The Bertz CT molecular complexity index is 402. The third kappa shape index (κ3) is 2.95. The predicted octanol–water partition coefficient (Wildman–Crippen LogP) is 1.18. The molecule has 0 radical (unpaired) electrons. The smallest absolute Gasteiger partial charge is 0.338 e. The molecule has 1 atom stereocenters. The van der Waals surface area contributed by atoms with Crippen molar-refractivity contribution in [1.29, 1.82) is 0 Å². The van der Waals surface area contributed by atoms with Crippen LogP contribution < -0.4 is 4.90 Å². The van der Waals surface area contributed by atoms with Crippen molar-refractivity contribution in [3.8, 4) is 0 Å². The molecule has 18 heavy (non-hydrogen) atoms. The Balaban J connectivity index is 2.04. The average molecular weight is 251 g/mol. The Hall–Kier alpha value is -1.69. The van der Waals surface area contributed by atoms with Crippen molar-refractivity contribution < 1.29 is 14.6 Å². The first-order valence-corrected chi connectivity index (χ1v) is 6.12. The van der Waals surface area contributed by atoms with E-state index in [2.05, 4.69) is 9.97 Å². The number of carbonyl (C=O) groups is 1. The maximum atomic E-state index is 10.7. The van der Waals surface area contributed by atoms with Gasteiger partial charge in [0.25, 0.3) is 0 Å². The van der Waals surface area contributed by atoms with Crippen LogP contribution in [-0.2, 0) is 4.74 Å². The highest BCUT2D eigenvalue weighted by molar-refractivity contribution is 5.86. The van der Waals surface area contributed by atoms with Gasteiger partial charge in [0.05, 0.1) is 11.7 Å². The molecule has 98 valence electrons. The first kappa shape index (κ1) is 12.8. The van der Waals surface area contributed by atoms with Gasteiger partial charge in [0.2, 0.25) is 5.95 Å². The van der Waals surface area contributed by atoms with Crippen LogP contribution in [0.4, 0.5) is 5.95 Å². The molecule has 0 aliphatic carbocycles. The minimum absolute atomic E-state index is 0.104. The van der Waals surface area contributed by atoms with E-state index >= 15 is 0 Å². The maximum Gasteiger partial charge on any atom is 0.338 e. The van der Waals surface area contributed by atoms with Gasteiger partial charge in [0.15, 0.2) is 0 Å². The number of ether oxygens (including phenoxy) is 1. The lowest BCUT2D eigenvalue weighted by atomic mass is 10.2. The number of carboxylic acid groups (broad SMARTS) is 1. The van der Waals surface area contributed by atoms with Crippen molar-refractivity contribution in [3.05, 3.63) is 18.0 Å². The summed E-state index contributed by atoms with van der Waals surface area (Å²) in [6.45, 7) is 4.36. The summed E-state index contributed by atoms with van der Waals surface area (Å²) >= 11 is 0. The van der Waals surface area contributed by atoms with E-state index in [9.17, 15) is 4.79 Å². The number of nitrogens with zero attached hydrogens (tertiary/aromatic N) is 3. The number of likely N-dealkylation sites (N-methyl/N-ethyl adjacent to an activating group) is 1. The fourth-order valence-electron chi connectivity index (χ4n) is 1.98. The molecule has 1 aromatic heterocycles. The molecule has 1 aliphatic rings. The standard InChI is InChI=1S/C12H17N3O3/c1-2-15(8-10-4-3-5-18-10)12-13-6-9(7-14-12)11(16)17/h6-7,10H,2-5,8H2,1H3,(H,16,17). The molecule has 0 spiro atoms. The van der Waals surface area contributed by atoms with Crippen LogP contribution in [0.5, 0.6) is 0 Å². The second-order valence-corrected chi connectivity index (χ2v) is 4.25. The number of aromatic carboxylic acids is 1. The van der Waals surface area contributed by atoms with Crippen molar-refractivity contribution in [2.24, 2.45) is 0 Å². The van der Waals surface area contributed by atoms with Crippen molar-refractivity contribution in [3.63, 3.8) is 0 Å². The molecule has 1 fully saturated rings. The van der Waals surface area contributed by atoms with Crippen LogP contribution in [0.2, 0.25) is 0 Å². The molecule has 0 bridgehead atoms. The van der Waals surface area contributed by atoms with Gasteiger partial charge in [0, 0.05) is 32.1 Å². The van der Waals surface area contributed by atoms with E-state index in [1.165, 1.54) is 12.4 Å². The van der Waals surface area contributed by atoms with Crippen molar-refractivity contribution in [1.82, 2.24) is 9.97 Å². The second kappa shape index (κ2) is 5.77. The van der Waals surface area contributed by atoms with Gasteiger partial charge in [-0.15, -0.1) is 0 Å². The molecule has 6 nitrogen and oxygen atoms in total. The second-order valence-electron chi connectivity index (χ2n) is 4.25. The van der Waals surface area contributed by atoms with E-state index in [4.69, 9.17) is 9.84 Å². The van der Waals surface area contributed by atoms with Gasteiger partial charge in [-0.2, -0.15) is 0 Å². The molecular weight excluding hydrogens is 234 g/mol. The molecule has 1 N–H and O–H groups in total. The van der Waals surface area contributed by atoms with Crippen LogP contribution >= 0.6 is 0 Å². The first-order valence-electron chi connectivity index (χ1n) is 6.12. The molecule has 1 aliphatic heterocycles. The fraction of sp³-hybridized carbons (Fsp3) is 0.583. The van der Waals surface area contributed by atoms with Crippen molar-refractivity contribution >= 4 is 11.9 Å². The van der Waals surface area contributed by atoms with Crippen LogP contribution in [0.3, 0.4) is 0 Å². The highest BCUT2D eigenvalue weighted by Crippen LogP contribution is 2.16. The van der Waals surface area contributed by atoms with E-state index < -0.39 is 5.97 Å². The number of hydrogen-bond donors (Lipinski definition) is 1. The predicted molar refractivity (Wildman–Crippen MR) is 65.9 cm³/mol. The molecule has 1 aromatic rings. The number of rotatable bonds is 5. The monoisotopic (exact) mass is 251 g/mol. The molecule has 6 heteroatoms. The number of anilines is 1. The third-order valence-corrected chi connectivity index (χ3v) is 3.00. The zero-order chi connectivity index (χ0) is 13.0. The molecule has 0 amide bonds. The molecule has 1 saturated heterocycles. The number of carboxylic acids is 1. The molecular formula is C12H17N3O3. The number of aromatic nitrogens is 2. The first-order chi connectivity index (χ1) is 8.70. The molecule has 2 rings (SSSR count). The Morgan fingerprint density at radius 2 is 2.28 bits per heavy atom. The average Bonchev–Trinajstić information content (AvgIpc) is 2.89. The topological polar surface area (TPSA) is 75.5 Å². The zero-order valence-electron chi connectivity index (χ0n) is 10.4. The van der Waals surface area contributed by atoms with Gasteiger partial charge in [0.1, 0.15) is 0 Å². The normalized spacial score (nSPS) is 18.8. The Labute approximate surface area is 106 Å². The largest absolute Gasteiger partial charge is 0.478 e. The summed E-state index contributed by atoms with van der Waals surface area (Å²) in [5.74, 6) is -0.457. The molecule has 0 saturated carbocycles. The summed E-state index contributed by atoms with van der Waals surface area (Å²) in [4.78, 5) is 20.9. The molecule has 0 aromatic carbocycles. The third-order valence-electron chi connectivity index (χ3n) is 3.00. The van der Waals surface area contributed by atoms with Crippen LogP contribution in [0.25, 0.3) is 0 Å². The van der Waals surface area contributed by atoms with E-state index in [0.29, 0.717) is 5.95 Å². The lowest BCUT2D eigenvalue weighted by Crippen LogP contribution is -2.33. The highest BCUT2D eigenvalue weighted by atomic mass is 16.5. The van der Waals surface area contributed by atoms with E-state index in [1.54, 1.807) is 0 Å². The van der Waals surface area contributed by atoms with Gasteiger partial charge in [-0.1, -0.05) is 0 Å².